The Hall–Kier alpha value is -6.00. The van der Waals surface area contributed by atoms with E-state index in [2.05, 4.69) is 168 Å². The first kappa shape index (κ1) is 36.9. The van der Waals surface area contributed by atoms with E-state index < -0.39 is 0 Å². The Labute approximate surface area is 330 Å². The lowest BCUT2D eigenvalue weighted by Crippen LogP contribution is -2.34. The minimum atomic E-state index is 0.869. The fraction of sp³-hybridized carbons (Fsp3) is 0.231. The van der Waals surface area contributed by atoms with E-state index in [-0.39, 0.29) is 0 Å². The average Bonchev–Trinajstić information content (AvgIpc) is 3.11. The second kappa shape index (κ2) is 13.9. The Balaban J connectivity index is 1.69. The molecule has 2 aliphatic carbocycles. The van der Waals surface area contributed by atoms with Gasteiger partial charge in [0, 0.05) is 32.7 Å². The molecule has 2 aliphatic rings. The lowest BCUT2D eigenvalue weighted by Gasteiger charge is -2.19. The normalized spacial score (nSPS) is 13.4. The molecule has 0 aromatic heterocycles. The molecule has 6 aromatic carbocycles. The fourth-order valence-electron chi connectivity index (χ4n) is 9.24. The van der Waals surface area contributed by atoms with Gasteiger partial charge in [-0.15, -0.1) is 0 Å². The third-order valence-electron chi connectivity index (χ3n) is 11.3. The molecular formula is C52H50N4. The van der Waals surface area contributed by atoms with E-state index in [9.17, 15) is 0 Å². The summed E-state index contributed by atoms with van der Waals surface area (Å²) in [5, 5.41) is 7.68. The van der Waals surface area contributed by atoms with Crippen molar-refractivity contribution in [3.63, 3.8) is 0 Å². The van der Waals surface area contributed by atoms with Gasteiger partial charge in [0.25, 0.3) is 0 Å². The first-order valence-electron chi connectivity index (χ1n) is 19.6. The summed E-state index contributed by atoms with van der Waals surface area (Å²) in [4.78, 5) is 22.5. The third-order valence-corrected chi connectivity index (χ3v) is 11.3. The zero-order valence-corrected chi connectivity index (χ0v) is 34.9. The van der Waals surface area contributed by atoms with Gasteiger partial charge < -0.3 is 0 Å². The highest BCUT2D eigenvalue weighted by Crippen LogP contribution is 2.37. The van der Waals surface area contributed by atoms with Crippen LogP contribution in [-0.2, 0) is 0 Å². The van der Waals surface area contributed by atoms with Crippen LogP contribution in [0.2, 0.25) is 0 Å². The molecule has 278 valence electrons. The Morgan fingerprint density at radius 2 is 0.446 bits per heavy atom. The number of hydrogen-bond donors (Lipinski definition) is 0. The topological polar surface area (TPSA) is 49.4 Å². The Bertz CT molecular complexity index is 2640. The van der Waals surface area contributed by atoms with Gasteiger partial charge in [0.2, 0.25) is 0 Å². The highest BCUT2D eigenvalue weighted by Gasteiger charge is 2.23. The Morgan fingerprint density at radius 3 is 0.625 bits per heavy atom. The minimum absolute atomic E-state index is 0.869. The van der Waals surface area contributed by atoms with Gasteiger partial charge in [-0.05, 0) is 128 Å². The molecule has 0 radical (unpaired) electrons. The number of aryl methyl sites for hydroxylation is 12. The second-order valence-electron chi connectivity index (χ2n) is 16.3. The van der Waals surface area contributed by atoms with Gasteiger partial charge in [0.1, 0.15) is 0 Å². The molecule has 0 fully saturated rings. The molecule has 0 amide bonds. The van der Waals surface area contributed by atoms with Crippen LogP contribution in [0.3, 0.4) is 0 Å². The summed E-state index contributed by atoms with van der Waals surface area (Å²) in [6.45, 7) is 25.9. The van der Waals surface area contributed by atoms with Crippen molar-refractivity contribution in [1.82, 2.24) is 0 Å². The quantitative estimate of drug-likeness (QED) is 0.162. The van der Waals surface area contributed by atoms with Crippen LogP contribution in [-0.4, -0.2) is 0 Å². The molecule has 4 heteroatoms. The van der Waals surface area contributed by atoms with Crippen LogP contribution in [0.1, 0.15) is 66.8 Å². The zero-order chi connectivity index (χ0) is 39.7. The molecule has 6 aromatic rings. The molecule has 0 atom stereocenters. The first-order valence-corrected chi connectivity index (χ1v) is 19.6. The van der Waals surface area contributed by atoms with Gasteiger partial charge in [0.05, 0.1) is 44.2 Å². The van der Waals surface area contributed by atoms with Gasteiger partial charge in [-0.2, -0.15) is 0 Å². The van der Waals surface area contributed by atoms with E-state index in [1.54, 1.807) is 0 Å². The van der Waals surface area contributed by atoms with Crippen LogP contribution in [0.5, 0.6) is 0 Å². The lowest BCUT2D eigenvalue weighted by atomic mass is 9.86. The van der Waals surface area contributed by atoms with Gasteiger partial charge in [-0.1, -0.05) is 107 Å². The second-order valence-corrected chi connectivity index (χ2v) is 16.3. The number of nitrogens with zero attached hydrogens (tertiary/aromatic N) is 4. The molecule has 0 N–H and O–H groups in total. The monoisotopic (exact) mass is 730 g/mol. The predicted octanol–water partition coefficient (Wildman–Crippen LogP) is 12.0. The summed E-state index contributed by atoms with van der Waals surface area (Å²) in [7, 11) is 0. The largest absolute Gasteiger partial charge is 0.246 e. The van der Waals surface area contributed by atoms with Crippen molar-refractivity contribution < 1.29 is 0 Å². The van der Waals surface area contributed by atoms with Gasteiger partial charge in [-0.25, -0.2) is 20.0 Å². The summed E-state index contributed by atoms with van der Waals surface area (Å²) in [6.07, 6.45) is 0. The first-order chi connectivity index (χ1) is 26.7. The van der Waals surface area contributed by atoms with Crippen molar-refractivity contribution in [2.75, 3.05) is 0 Å². The highest BCUT2D eigenvalue weighted by molar-refractivity contribution is 6.11. The Kier molecular flexibility index (Phi) is 9.20. The van der Waals surface area contributed by atoms with E-state index in [1.807, 2.05) is 0 Å². The van der Waals surface area contributed by atoms with E-state index in [4.69, 9.17) is 20.0 Å². The van der Waals surface area contributed by atoms with Crippen molar-refractivity contribution in [3.8, 4) is 11.1 Å². The molecule has 0 heterocycles. The molecule has 0 unspecified atom stereocenters. The SMILES string of the molecule is Cc1cc(C)c(N=c2c(=Nc3c(C)cc(C)cc3C)c3cccc4c3-c3c2cccc3c(=Nc2c(C)cc(C)cc2C)c4=Nc2c(C)cc(C)cc2C)c(C)c1. The van der Waals surface area contributed by atoms with Crippen molar-refractivity contribution >= 4 is 44.3 Å². The van der Waals surface area contributed by atoms with Crippen molar-refractivity contribution in [2.24, 2.45) is 20.0 Å². The molecule has 0 saturated heterocycles. The lowest BCUT2D eigenvalue weighted by molar-refractivity contribution is 1.18. The number of hydrogen-bond acceptors (Lipinski definition) is 4. The summed E-state index contributed by atoms with van der Waals surface area (Å²) in [5.74, 6) is 0. The summed E-state index contributed by atoms with van der Waals surface area (Å²) < 4.78 is 0. The van der Waals surface area contributed by atoms with E-state index >= 15 is 0 Å². The van der Waals surface area contributed by atoms with Crippen molar-refractivity contribution in [1.29, 1.82) is 0 Å². The Morgan fingerprint density at radius 1 is 0.268 bits per heavy atom. The minimum Gasteiger partial charge on any atom is -0.246 e. The van der Waals surface area contributed by atoms with Crippen LogP contribution in [0.15, 0.2) is 105 Å². The smallest absolute Gasteiger partial charge is 0.0979 e. The molecule has 56 heavy (non-hydrogen) atoms. The van der Waals surface area contributed by atoms with Crippen LogP contribution in [0.4, 0.5) is 22.7 Å². The highest BCUT2D eigenvalue weighted by atomic mass is 14.8. The van der Waals surface area contributed by atoms with Gasteiger partial charge in [0.15, 0.2) is 0 Å². The summed E-state index contributed by atoms with van der Waals surface area (Å²) in [6, 6.07) is 31.0. The van der Waals surface area contributed by atoms with E-state index in [1.165, 1.54) is 22.3 Å². The van der Waals surface area contributed by atoms with Gasteiger partial charge >= 0.3 is 0 Å². The predicted molar refractivity (Wildman–Crippen MR) is 235 cm³/mol. The van der Waals surface area contributed by atoms with Crippen LogP contribution in [0, 0.1) is 83.1 Å². The van der Waals surface area contributed by atoms with Crippen molar-refractivity contribution in [3.05, 3.63) is 173 Å². The van der Waals surface area contributed by atoms with Crippen LogP contribution in [0.25, 0.3) is 32.7 Å². The molecule has 0 aliphatic heterocycles. The van der Waals surface area contributed by atoms with Crippen LogP contribution >= 0.6 is 0 Å². The fourth-order valence-corrected chi connectivity index (χ4v) is 9.24. The molecule has 8 rings (SSSR count). The molecule has 4 nitrogen and oxygen atoms in total. The standard InChI is InChI=1S/C52H50N4/c1-27-19-31(5)45(32(6)20-27)53-49-39-15-13-17-41-43(39)44-40(50(49)54-46-33(7)21-28(2)22-34(46)8)16-14-18-42(44)52(56-48-37(11)25-30(4)26-38(48)12)51(41)55-47-35(9)23-29(3)24-36(47)10/h13-26H,1-12H3. The van der Waals surface area contributed by atoms with E-state index in [0.717, 1.165) is 121 Å². The maximum Gasteiger partial charge on any atom is 0.0979 e. The average molecular weight is 731 g/mol. The van der Waals surface area contributed by atoms with E-state index in [0.29, 0.717) is 0 Å². The summed E-state index contributed by atoms with van der Waals surface area (Å²) >= 11 is 0. The van der Waals surface area contributed by atoms with Gasteiger partial charge in [-0.3, -0.25) is 0 Å². The third kappa shape index (κ3) is 6.27. The maximum atomic E-state index is 5.63. The summed E-state index contributed by atoms with van der Waals surface area (Å²) in [5.41, 5.74) is 20.3. The molecule has 0 bridgehead atoms. The molecule has 0 spiro atoms. The maximum absolute atomic E-state index is 5.63. The molecule has 0 saturated carbocycles. The number of rotatable bonds is 4. The molecular weight excluding hydrogens is 681 g/mol. The van der Waals surface area contributed by atoms with Crippen LogP contribution < -0.4 is 21.4 Å². The van der Waals surface area contributed by atoms with Crippen molar-refractivity contribution in [2.45, 2.75) is 83.1 Å². The zero-order valence-electron chi connectivity index (χ0n) is 34.9. The number of benzene rings is 8.